The first-order valence-corrected chi connectivity index (χ1v) is 7.06. The second kappa shape index (κ2) is 4.84. The third-order valence-electron chi connectivity index (χ3n) is 4.14. The molecule has 0 bridgehead atoms. The number of aromatic nitrogens is 2. The number of amidine groups is 1. The van der Waals surface area contributed by atoms with Crippen molar-refractivity contribution in [3.8, 4) is 0 Å². The molecular weight excluding hydrogens is 262 g/mol. The standard InChI is InChI=1S/C16H19N5/c1-9-8-12-6-4-5-7-13(12)21(9)16-14(15(17)18)10(2)11(3)19-20-16/h4-7,9H,8H2,1-3H3,(H3,17,18). The van der Waals surface area contributed by atoms with Crippen LogP contribution in [-0.2, 0) is 6.42 Å². The van der Waals surface area contributed by atoms with Crippen LogP contribution in [0.15, 0.2) is 24.3 Å². The zero-order valence-electron chi connectivity index (χ0n) is 12.5. The average molecular weight is 281 g/mol. The predicted molar refractivity (Wildman–Crippen MR) is 84.3 cm³/mol. The highest BCUT2D eigenvalue weighted by molar-refractivity contribution is 6.02. The monoisotopic (exact) mass is 281 g/mol. The molecule has 108 valence electrons. The summed E-state index contributed by atoms with van der Waals surface area (Å²) in [5.74, 6) is 0.722. The van der Waals surface area contributed by atoms with E-state index in [4.69, 9.17) is 11.1 Å². The second-order valence-electron chi connectivity index (χ2n) is 5.57. The van der Waals surface area contributed by atoms with Crippen LogP contribution in [0.5, 0.6) is 0 Å². The average Bonchev–Trinajstić information content (AvgIpc) is 2.77. The summed E-state index contributed by atoms with van der Waals surface area (Å²) in [5, 5.41) is 16.5. The molecule has 1 unspecified atom stereocenters. The fraction of sp³-hybridized carbons (Fsp3) is 0.312. The molecule has 0 saturated heterocycles. The van der Waals surface area contributed by atoms with Crippen LogP contribution in [0.4, 0.5) is 11.5 Å². The number of fused-ring (bicyclic) bond motifs is 1. The predicted octanol–water partition coefficient (Wildman–Crippen LogP) is 2.46. The van der Waals surface area contributed by atoms with Gasteiger partial charge in [-0.3, -0.25) is 5.41 Å². The number of rotatable bonds is 2. The molecule has 0 fully saturated rings. The lowest BCUT2D eigenvalue weighted by atomic mass is 10.1. The van der Waals surface area contributed by atoms with Crippen LogP contribution < -0.4 is 10.6 Å². The van der Waals surface area contributed by atoms with E-state index in [0.717, 1.165) is 23.4 Å². The molecule has 1 aliphatic rings. The zero-order valence-corrected chi connectivity index (χ0v) is 12.5. The van der Waals surface area contributed by atoms with Crippen molar-refractivity contribution in [2.24, 2.45) is 5.73 Å². The fourth-order valence-corrected chi connectivity index (χ4v) is 2.98. The quantitative estimate of drug-likeness (QED) is 0.654. The van der Waals surface area contributed by atoms with Crippen molar-refractivity contribution in [1.82, 2.24) is 10.2 Å². The topological polar surface area (TPSA) is 78.9 Å². The van der Waals surface area contributed by atoms with Crippen molar-refractivity contribution in [2.45, 2.75) is 33.2 Å². The summed E-state index contributed by atoms with van der Waals surface area (Å²) in [6.07, 6.45) is 0.960. The van der Waals surface area contributed by atoms with Crippen LogP contribution in [0.1, 0.15) is 29.3 Å². The molecule has 1 atom stereocenters. The molecule has 0 radical (unpaired) electrons. The second-order valence-corrected chi connectivity index (χ2v) is 5.57. The van der Waals surface area contributed by atoms with Crippen molar-refractivity contribution >= 4 is 17.3 Å². The van der Waals surface area contributed by atoms with Gasteiger partial charge in [0.25, 0.3) is 0 Å². The first-order chi connectivity index (χ1) is 10.0. The van der Waals surface area contributed by atoms with E-state index in [9.17, 15) is 0 Å². The van der Waals surface area contributed by atoms with Crippen molar-refractivity contribution in [3.05, 3.63) is 46.6 Å². The number of hydrogen-bond donors (Lipinski definition) is 2. The minimum Gasteiger partial charge on any atom is -0.384 e. The smallest absolute Gasteiger partial charge is 0.167 e. The molecule has 0 amide bonds. The van der Waals surface area contributed by atoms with Gasteiger partial charge in [-0.2, -0.15) is 5.10 Å². The molecule has 1 aromatic carbocycles. The minimum atomic E-state index is 0.0390. The Morgan fingerprint density at radius 3 is 2.71 bits per heavy atom. The Hall–Kier alpha value is -2.43. The van der Waals surface area contributed by atoms with Gasteiger partial charge in [0, 0.05) is 11.7 Å². The van der Waals surface area contributed by atoms with E-state index in [1.165, 1.54) is 5.56 Å². The van der Waals surface area contributed by atoms with Crippen LogP contribution in [-0.4, -0.2) is 22.1 Å². The summed E-state index contributed by atoms with van der Waals surface area (Å²) in [6, 6.07) is 8.56. The molecule has 0 aliphatic carbocycles. The van der Waals surface area contributed by atoms with Gasteiger partial charge in [-0.25, -0.2) is 0 Å². The molecule has 0 spiro atoms. The van der Waals surface area contributed by atoms with Crippen LogP contribution in [0.3, 0.4) is 0 Å². The SMILES string of the molecule is Cc1nnc(N2c3ccccc3CC2C)c(C(=N)N)c1C. The Kier molecular flexibility index (Phi) is 3.12. The largest absolute Gasteiger partial charge is 0.384 e. The van der Waals surface area contributed by atoms with Crippen LogP contribution in [0, 0.1) is 19.3 Å². The molecular formula is C16H19N5. The molecule has 2 aromatic rings. The maximum absolute atomic E-state index is 7.91. The molecule has 0 saturated carbocycles. The molecule has 5 nitrogen and oxygen atoms in total. The number of anilines is 2. The zero-order chi connectivity index (χ0) is 15.1. The number of para-hydroxylation sites is 1. The lowest BCUT2D eigenvalue weighted by Crippen LogP contribution is -2.29. The summed E-state index contributed by atoms with van der Waals surface area (Å²) in [6.45, 7) is 5.98. The Balaban J connectivity index is 2.22. The van der Waals surface area contributed by atoms with Gasteiger partial charge in [0.05, 0.1) is 11.3 Å². The summed E-state index contributed by atoms with van der Waals surface area (Å²) >= 11 is 0. The minimum absolute atomic E-state index is 0.0390. The maximum Gasteiger partial charge on any atom is 0.167 e. The van der Waals surface area contributed by atoms with Gasteiger partial charge in [0.2, 0.25) is 0 Å². The van der Waals surface area contributed by atoms with E-state index in [2.05, 4.69) is 34.2 Å². The molecule has 1 aliphatic heterocycles. The molecule has 5 heteroatoms. The summed E-state index contributed by atoms with van der Waals surface area (Å²) in [5.41, 5.74) is 10.6. The van der Waals surface area contributed by atoms with E-state index in [0.29, 0.717) is 11.4 Å². The maximum atomic E-state index is 7.91. The van der Waals surface area contributed by atoms with Crippen LogP contribution in [0.25, 0.3) is 0 Å². The highest BCUT2D eigenvalue weighted by atomic mass is 15.3. The third kappa shape index (κ3) is 2.05. The van der Waals surface area contributed by atoms with Gasteiger partial charge in [0.15, 0.2) is 5.82 Å². The number of nitrogens with two attached hydrogens (primary N) is 1. The Bertz CT molecular complexity index is 723. The number of nitrogens with zero attached hydrogens (tertiary/aromatic N) is 3. The van der Waals surface area contributed by atoms with E-state index in [1.807, 2.05) is 26.0 Å². The highest BCUT2D eigenvalue weighted by Crippen LogP contribution is 2.39. The van der Waals surface area contributed by atoms with E-state index < -0.39 is 0 Å². The lowest BCUT2D eigenvalue weighted by Gasteiger charge is -2.26. The van der Waals surface area contributed by atoms with Gasteiger partial charge >= 0.3 is 0 Å². The van der Waals surface area contributed by atoms with Crippen LogP contribution >= 0.6 is 0 Å². The van der Waals surface area contributed by atoms with Crippen molar-refractivity contribution in [3.63, 3.8) is 0 Å². The summed E-state index contributed by atoms with van der Waals surface area (Å²) in [7, 11) is 0. The number of nitrogens with one attached hydrogen (secondary N) is 1. The van der Waals surface area contributed by atoms with Crippen molar-refractivity contribution < 1.29 is 0 Å². The highest BCUT2D eigenvalue weighted by Gasteiger charge is 2.31. The van der Waals surface area contributed by atoms with E-state index >= 15 is 0 Å². The normalized spacial score (nSPS) is 16.9. The Labute approximate surface area is 124 Å². The molecule has 2 heterocycles. The molecule has 21 heavy (non-hydrogen) atoms. The first-order valence-electron chi connectivity index (χ1n) is 7.06. The van der Waals surface area contributed by atoms with Gasteiger partial charge in [-0.15, -0.1) is 5.10 Å². The van der Waals surface area contributed by atoms with Crippen molar-refractivity contribution in [2.75, 3.05) is 4.90 Å². The fourth-order valence-electron chi connectivity index (χ4n) is 2.98. The molecule has 1 aromatic heterocycles. The van der Waals surface area contributed by atoms with E-state index in [1.54, 1.807) is 0 Å². The van der Waals surface area contributed by atoms with Gasteiger partial charge in [0.1, 0.15) is 5.84 Å². The van der Waals surface area contributed by atoms with Crippen LogP contribution in [0.2, 0.25) is 0 Å². The summed E-state index contributed by atoms with van der Waals surface area (Å²) < 4.78 is 0. The van der Waals surface area contributed by atoms with Gasteiger partial charge in [-0.05, 0) is 44.4 Å². The van der Waals surface area contributed by atoms with Gasteiger partial charge in [-0.1, -0.05) is 18.2 Å². The number of nitrogen functional groups attached to an aromatic ring is 1. The lowest BCUT2D eigenvalue weighted by molar-refractivity contribution is 0.739. The first kappa shape index (κ1) is 13.5. The third-order valence-corrected chi connectivity index (χ3v) is 4.14. The number of aryl methyl sites for hydroxylation is 1. The van der Waals surface area contributed by atoms with Gasteiger partial charge < -0.3 is 10.6 Å². The summed E-state index contributed by atoms with van der Waals surface area (Å²) in [4.78, 5) is 2.14. The molecule has 3 rings (SSSR count). The molecule has 3 N–H and O–H groups in total. The van der Waals surface area contributed by atoms with E-state index in [-0.39, 0.29) is 11.9 Å². The number of hydrogen-bond acceptors (Lipinski definition) is 4. The van der Waals surface area contributed by atoms with Crippen molar-refractivity contribution in [1.29, 1.82) is 5.41 Å². The number of benzene rings is 1. The Morgan fingerprint density at radius 1 is 1.29 bits per heavy atom. The Morgan fingerprint density at radius 2 is 2.00 bits per heavy atom.